The molecule has 1 aliphatic carbocycles. The molecule has 1 aliphatic rings. The summed E-state index contributed by atoms with van der Waals surface area (Å²) in [6.07, 6.45) is 7.05. The zero-order valence-electron chi connectivity index (χ0n) is 11.4. The Kier molecular flexibility index (Phi) is 4.86. The van der Waals surface area contributed by atoms with Crippen LogP contribution in [0.5, 0.6) is 0 Å². The van der Waals surface area contributed by atoms with Crippen LogP contribution in [0.3, 0.4) is 0 Å². The first-order valence-corrected chi connectivity index (χ1v) is 8.71. The molecular formula is C13H21N3OS2. The van der Waals surface area contributed by atoms with Crippen molar-refractivity contribution >= 4 is 29.0 Å². The molecule has 0 aromatic carbocycles. The van der Waals surface area contributed by atoms with Gasteiger partial charge in [0.2, 0.25) is 0 Å². The third-order valence-electron chi connectivity index (χ3n) is 3.66. The molecule has 1 amide bonds. The van der Waals surface area contributed by atoms with E-state index in [2.05, 4.69) is 16.6 Å². The quantitative estimate of drug-likeness (QED) is 0.877. The van der Waals surface area contributed by atoms with Crippen LogP contribution in [0.4, 0.5) is 0 Å². The molecule has 1 heterocycles. The third kappa shape index (κ3) is 3.49. The standard InChI is InChI=1S/C13H21N3OS2/c1-9(14)12-16-10(7-19-12)11(17)15-8-13(18-2)5-3-4-6-13/h7,9H,3-6,8,14H2,1-2H3,(H,15,17). The Morgan fingerprint density at radius 2 is 2.32 bits per heavy atom. The molecule has 3 N–H and O–H groups in total. The number of hydrogen-bond acceptors (Lipinski definition) is 5. The normalized spacial score (nSPS) is 19.3. The second kappa shape index (κ2) is 6.24. The Labute approximate surface area is 122 Å². The molecule has 0 bridgehead atoms. The minimum absolute atomic E-state index is 0.0801. The first kappa shape index (κ1) is 14.8. The average molecular weight is 299 g/mol. The van der Waals surface area contributed by atoms with E-state index >= 15 is 0 Å². The van der Waals surface area contributed by atoms with Gasteiger partial charge in [0, 0.05) is 16.7 Å². The third-order valence-corrected chi connectivity index (χ3v) is 6.13. The predicted molar refractivity (Wildman–Crippen MR) is 81.8 cm³/mol. The van der Waals surface area contributed by atoms with E-state index in [1.54, 1.807) is 5.38 Å². The maximum absolute atomic E-state index is 12.1. The Hall–Kier alpha value is -0.590. The first-order valence-electron chi connectivity index (χ1n) is 6.61. The molecule has 0 aliphatic heterocycles. The number of thioether (sulfide) groups is 1. The fourth-order valence-electron chi connectivity index (χ4n) is 2.41. The van der Waals surface area contributed by atoms with Gasteiger partial charge in [0.15, 0.2) is 0 Å². The highest BCUT2D eigenvalue weighted by Gasteiger charge is 2.33. The van der Waals surface area contributed by atoms with Crippen molar-refractivity contribution in [3.05, 3.63) is 16.1 Å². The predicted octanol–water partition coefficient (Wildman–Crippen LogP) is 2.57. The van der Waals surface area contributed by atoms with Crippen LogP contribution in [-0.2, 0) is 0 Å². The summed E-state index contributed by atoms with van der Waals surface area (Å²) < 4.78 is 0.232. The van der Waals surface area contributed by atoms with Gasteiger partial charge < -0.3 is 11.1 Å². The summed E-state index contributed by atoms with van der Waals surface area (Å²) in [4.78, 5) is 16.4. The van der Waals surface area contributed by atoms with Gasteiger partial charge in [0.1, 0.15) is 10.7 Å². The number of nitrogens with one attached hydrogen (secondary N) is 1. The number of carbonyl (C=O) groups is 1. The summed E-state index contributed by atoms with van der Waals surface area (Å²) in [7, 11) is 0. The van der Waals surface area contributed by atoms with Gasteiger partial charge in [-0.2, -0.15) is 11.8 Å². The number of thiazole rings is 1. The van der Waals surface area contributed by atoms with E-state index in [1.807, 2.05) is 18.7 Å². The first-order chi connectivity index (χ1) is 9.06. The van der Waals surface area contributed by atoms with E-state index in [9.17, 15) is 4.79 Å². The van der Waals surface area contributed by atoms with Crippen LogP contribution in [0.15, 0.2) is 5.38 Å². The SMILES string of the molecule is CSC1(CNC(=O)c2csc(C(C)N)n2)CCCC1. The minimum Gasteiger partial charge on any atom is -0.349 e. The van der Waals surface area contributed by atoms with Gasteiger partial charge >= 0.3 is 0 Å². The molecule has 1 atom stereocenters. The van der Waals surface area contributed by atoms with Crippen molar-refractivity contribution in [3.63, 3.8) is 0 Å². The number of nitrogens with zero attached hydrogens (tertiary/aromatic N) is 1. The highest BCUT2D eigenvalue weighted by atomic mass is 32.2. The smallest absolute Gasteiger partial charge is 0.270 e. The van der Waals surface area contributed by atoms with Crippen molar-refractivity contribution in [3.8, 4) is 0 Å². The maximum atomic E-state index is 12.1. The van der Waals surface area contributed by atoms with Crippen molar-refractivity contribution in [2.75, 3.05) is 12.8 Å². The zero-order valence-corrected chi connectivity index (χ0v) is 13.1. The summed E-state index contributed by atoms with van der Waals surface area (Å²) in [5.74, 6) is -0.0801. The lowest BCUT2D eigenvalue weighted by Gasteiger charge is -2.26. The van der Waals surface area contributed by atoms with E-state index in [0.717, 1.165) is 11.6 Å². The van der Waals surface area contributed by atoms with Gasteiger partial charge in [0.05, 0.1) is 6.04 Å². The van der Waals surface area contributed by atoms with Crippen LogP contribution in [0, 0.1) is 0 Å². The number of rotatable bonds is 5. The second-order valence-electron chi connectivity index (χ2n) is 5.14. The monoisotopic (exact) mass is 299 g/mol. The van der Waals surface area contributed by atoms with Crippen molar-refractivity contribution in [1.29, 1.82) is 0 Å². The fourth-order valence-corrected chi connectivity index (χ4v) is 4.08. The number of carbonyl (C=O) groups excluding carboxylic acids is 1. The lowest BCUT2D eigenvalue weighted by molar-refractivity contribution is 0.0945. The minimum atomic E-state index is -0.112. The van der Waals surface area contributed by atoms with Crippen LogP contribution in [0.25, 0.3) is 0 Å². The summed E-state index contributed by atoms with van der Waals surface area (Å²) in [5, 5.41) is 5.63. The fraction of sp³-hybridized carbons (Fsp3) is 0.692. The molecule has 1 saturated carbocycles. The van der Waals surface area contributed by atoms with E-state index < -0.39 is 0 Å². The summed E-state index contributed by atoms with van der Waals surface area (Å²) >= 11 is 3.32. The summed E-state index contributed by atoms with van der Waals surface area (Å²) in [6, 6.07) is -0.112. The Morgan fingerprint density at radius 3 is 2.84 bits per heavy atom. The Balaban J connectivity index is 1.93. The largest absolute Gasteiger partial charge is 0.349 e. The number of aromatic nitrogens is 1. The zero-order chi connectivity index (χ0) is 13.9. The lowest BCUT2D eigenvalue weighted by atomic mass is 10.1. The van der Waals surface area contributed by atoms with E-state index in [0.29, 0.717) is 5.69 Å². The lowest BCUT2D eigenvalue weighted by Crippen LogP contribution is -2.38. The maximum Gasteiger partial charge on any atom is 0.270 e. The van der Waals surface area contributed by atoms with Gasteiger partial charge in [-0.05, 0) is 26.0 Å². The molecule has 0 radical (unpaired) electrons. The molecule has 106 valence electrons. The average Bonchev–Trinajstić information content (AvgIpc) is 3.06. The highest BCUT2D eigenvalue weighted by Crippen LogP contribution is 2.39. The van der Waals surface area contributed by atoms with Crippen LogP contribution >= 0.6 is 23.1 Å². The number of nitrogens with two attached hydrogens (primary N) is 1. The summed E-state index contributed by atoms with van der Waals surface area (Å²) in [6.45, 7) is 2.61. The van der Waals surface area contributed by atoms with Gasteiger partial charge in [-0.3, -0.25) is 4.79 Å². The van der Waals surface area contributed by atoms with Crippen molar-refractivity contribution in [2.45, 2.75) is 43.4 Å². The molecule has 1 aromatic rings. The van der Waals surface area contributed by atoms with Crippen molar-refractivity contribution in [2.24, 2.45) is 5.73 Å². The molecule has 1 fully saturated rings. The van der Waals surface area contributed by atoms with E-state index in [-0.39, 0.29) is 16.7 Å². The van der Waals surface area contributed by atoms with E-state index in [1.165, 1.54) is 37.0 Å². The van der Waals surface area contributed by atoms with E-state index in [4.69, 9.17) is 5.73 Å². The molecule has 4 nitrogen and oxygen atoms in total. The van der Waals surface area contributed by atoms with Gasteiger partial charge in [-0.15, -0.1) is 11.3 Å². The Morgan fingerprint density at radius 1 is 1.63 bits per heavy atom. The van der Waals surface area contributed by atoms with Crippen molar-refractivity contribution in [1.82, 2.24) is 10.3 Å². The molecule has 0 spiro atoms. The molecule has 1 unspecified atom stereocenters. The second-order valence-corrected chi connectivity index (χ2v) is 7.30. The molecule has 6 heteroatoms. The molecular weight excluding hydrogens is 278 g/mol. The molecule has 0 saturated heterocycles. The van der Waals surface area contributed by atoms with Crippen molar-refractivity contribution < 1.29 is 4.79 Å². The van der Waals surface area contributed by atoms with Gasteiger partial charge in [0.25, 0.3) is 5.91 Å². The van der Waals surface area contributed by atoms with Crippen LogP contribution in [-0.4, -0.2) is 28.4 Å². The summed E-state index contributed by atoms with van der Waals surface area (Å²) in [5.41, 5.74) is 6.25. The molecule has 19 heavy (non-hydrogen) atoms. The van der Waals surface area contributed by atoms with Crippen LogP contribution in [0.1, 0.15) is 54.1 Å². The van der Waals surface area contributed by atoms with Gasteiger partial charge in [-0.1, -0.05) is 12.8 Å². The highest BCUT2D eigenvalue weighted by molar-refractivity contribution is 8.00. The van der Waals surface area contributed by atoms with Gasteiger partial charge in [-0.25, -0.2) is 4.98 Å². The molecule has 1 aromatic heterocycles. The Bertz CT molecular complexity index is 439. The molecule has 2 rings (SSSR count). The van der Waals surface area contributed by atoms with Crippen LogP contribution < -0.4 is 11.1 Å². The number of amides is 1. The number of hydrogen-bond donors (Lipinski definition) is 2. The van der Waals surface area contributed by atoms with Crippen LogP contribution in [0.2, 0.25) is 0 Å². The topological polar surface area (TPSA) is 68.0 Å².